The lowest BCUT2D eigenvalue weighted by Crippen LogP contribution is -2.34. The maximum absolute atomic E-state index is 10.1. The lowest BCUT2D eigenvalue weighted by atomic mass is 9.87. The molecule has 1 aromatic carbocycles. The summed E-state index contributed by atoms with van der Waals surface area (Å²) in [6, 6.07) is 7.85. The number of nitrogens with one attached hydrogen (secondary N) is 1. The topological polar surface area (TPSA) is 32.3 Å². The first-order valence-corrected chi connectivity index (χ1v) is 5.63. The Kier molecular flexibility index (Phi) is 3.01. The molecular weight excluding hydrogens is 210 g/mol. The summed E-state index contributed by atoms with van der Waals surface area (Å²) >= 11 is 5.92. The van der Waals surface area contributed by atoms with Crippen LogP contribution in [0.1, 0.15) is 12.5 Å². The van der Waals surface area contributed by atoms with Gasteiger partial charge in [0, 0.05) is 24.0 Å². The van der Waals surface area contributed by atoms with Gasteiger partial charge in [0.1, 0.15) is 0 Å². The Hall–Kier alpha value is -0.570. The van der Waals surface area contributed by atoms with Gasteiger partial charge in [0.2, 0.25) is 0 Å². The monoisotopic (exact) mass is 225 g/mol. The van der Waals surface area contributed by atoms with E-state index in [4.69, 9.17) is 11.6 Å². The van der Waals surface area contributed by atoms with E-state index in [1.54, 1.807) is 0 Å². The molecule has 1 saturated heterocycles. The number of hydrogen-bond acceptors (Lipinski definition) is 2. The second-order valence-corrected chi connectivity index (χ2v) is 4.96. The first-order valence-electron chi connectivity index (χ1n) is 5.25. The minimum atomic E-state index is -0.595. The Morgan fingerprint density at radius 2 is 2.40 bits per heavy atom. The highest BCUT2D eigenvalue weighted by Gasteiger charge is 2.36. The van der Waals surface area contributed by atoms with Gasteiger partial charge in [0.25, 0.3) is 0 Å². The molecule has 15 heavy (non-hydrogen) atoms. The van der Waals surface area contributed by atoms with Crippen LogP contribution in [-0.2, 0) is 6.42 Å². The Bertz CT molecular complexity index is 351. The summed E-state index contributed by atoms with van der Waals surface area (Å²) in [6.07, 6.45) is 0.876. The maximum Gasteiger partial charge on any atom is 0.0786 e. The van der Waals surface area contributed by atoms with Crippen LogP contribution in [0.4, 0.5) is 0 Å². The maximum atomic E-state index is 10.1. The Labute approximate surface area is 95.3 Å². The van der Waals surface area contributed by atoms with Crippen LogP contribution < -0.4 is 5.32 Å². The van der Waals surface area contributed by atoms with Crippen LogP contribution in [0.5, 0.6) is 0 Å². The van der Waals surface area contributed by atoms with Crippen molar-refractivity contribution in [1.82, 2.24) is 5.32 Å². The predicted molar refractivity (Wildman–Crippen MR) is 62.1 cm³/mol. The molecule has 1 heterocycles. The molecule has 0 saturated carbocycles. The van der Waals surface area contributed by atoms with Crippen molar-refractivity contribution in [2.45, 2.75) is 18.9 Å². The number of aliphatic hydroxyl groups is 1. The first kappa shape index (κ1) is 10.9. The van der Waals surface area contributed by atoms with Crippen LogP contribution in [-0.4, -0.2) is 23.8 Å². The van der Waals surface area contributed by atoms with Gasteiger partial charge in [-0.15, -0.1) is 0 Å². The van der Waals surface area contributed by atoms with E-state index in [1.165, 1.54) is 5.56 Å². The van der Waals surface area contributed by atoms with Crippen molar-refractivity contribution in [1.29, 1.82) is 0 Å². The normalized spacial score (nSPS) is 30.7. The number of β-amino-alcohol motifs (C(OH)–C–C–N with tert-alkyl or cyclic N) is 1. The molecule has 0 bridgehead atoms. The fraction of sp³-hybridized carbons (Fsp3) is 0.500. The zero-order valence-corrected chi connectivity index (χ0v) is 9.59. The number of halogens is 1. The molecule has 0 spiro atoms. The highest BCUT2D eigenvalue weighted by Crippen LogP contribution is 2.25. The van der Waals surface area contributed by atoms with E-state index in [0.29, 0.717) is 6.54 Å². The van der Waals surface area contributed by atoms with E-state index in [-0.39, 0.29) is 5.92 Å². The Balaban J connectivity index is 2.09. The van der Waals surface area contributed by atoms with Gasteiger partial charge in [-0.3, -0.25) is 0 Å². The van der Waals surface area contributed by atoms with Crippen LogP contribution in [0, 0.1) is 5.92 Å². The van der Waals surface area contributed by atoms with Gasteiger partial charge in [-0.25, -0.2) is 0 Å². The van der Waals surface area contributed by atoms with E-state index < -0.39 is 5.60 Å². The van der Waals surface area contributed by atoms with Gasteiger partial charge in [-0.1, -0.05) is 23.7 Å². The molecule has 0 amide bonds. The number of hydrogen-bond donors (Lipinski definition) is 2. The summed E-state index contributed by atoms with van der Waals surface area (Å²) in [7, 11) is 0. The van der Waals surface area contributed by atoms with Gasteiger partial charge in [-0.2, -0.15) is 0 Å². The lowest BCUT2D eigenvalue weighted by molar-refractivity contribution is 0.0363. The number of benzene rings is 1. The fourth-order valence-electron chi connectivity index (χ4n) is 2.10. The van der Waals surface area contributed by atoms with Crippen molar-refractivity contribution in [3.05, 3.63) is 34.9 Å². The quantitative estimate of drug-likeness (QED) is 0.805. The van der Waals surface area contributed by atoms with Crippen molar-refractivity contribution in [2.24, 2.45) is 5.92 Å². The number of rotatable bonds is 2. The highest BCUT2D eigenvalue weighted by atomic mass is 35.5. The van der Waals surface area contributed by atoms with E-state index in [2.05, 4.69) is 11.4 Å². The van der Waals surface area contributed by atoms with Crippen molar-refractivity contribution in [2.75, 3.05) is 13.1 Å². The van der Waals surface area contributed by atoms with Crippen LogP contribution in [0.15, 0.2) is 24.3 Å². The van der Waals surface area contributed by atoms with E-state index >= 15 is 0 Å². The molecule has 2 nitrogen and oxygen atoms in total. The van der Waals surface area contributed by atoms with Gasteiger partial charge >= 0.3 is 0 Å². The molecule has 1 fully saturated rings. The zero-order valence-electron chi connectivity index (χ0n) is 8.83. The predicted octanol–water partition coefficient (Wildman–Crippen LogP) is 1.85. The minimum absolute atomic E-state index is 0.274. The summed E-state index contributed by atoms with van der Waals surface area (Å²) in [5, 5.41) is 14.1. The standard InChI is InChI=1S/C12H16ClNO/c1-12(15)8-14-7-10(12)5-9-3-2-4-11(13)6-9/h2-4,6,10,14-15H,5,7-8H2,1H3. The Morgan fingerprint density at radius 1 is 1.60 bits per heavy atom. The molecule has 2 rings (SSSR count). The molecule has 0 radical (unpaired) electrons. The van der Waals surface area contributed by atoms with Crippen molar-refractivity contribution >= 4 is 11.6 Å². The van der Waals surface area contributed by atoms with Crippen molar-refractivity contribution < 1.29 is 5.11 Å². The molecule has 0 aromatic heterocycles. The minimum Gasteiger partial charge on any atom is -0.389 e. The van der Waals surface area contributed by atoms with Crippen LogP contribution in [0.25, 0.3) is 0 Å². The molecule has 82 valence electrons. The van der Waals surface area contributed by atoms with Gasteiger partial charge in [0.15, 0.2) is 0 Å². The average Bonchev–Trinajstić information content (AvgIpc) is 2.46. The summed E-state index contributed by atoms with van der Waals surface area (Å²) in [4.78, 5) is 0. The fourth-order valence-corrected chi connectivity index (χ4v) is 2.32. The summed E-state index contributed by atoms with van der Waals surface area (Å²) in [6.45, 7) is 3.44. The highest BCUT2D eigenvalue weighted by molar-refractivity contribution is 6.30. The summed E-state index contributed by atoms with van der Waals surface area (Å²) in [5.74, 6) is 0.274. The van der Waals surface area contributed by atoms with Gasteiger partial charge in [0.05, 0.1) is 5.60 Å². The smallest absolute Gasteiger partial charge is 0.0786 e. The lowest BCUT2D eigenvalue weighted by Gasteiger charge is -2.24. The van der Waals surface area contributed by atoms with E-state index in [0.717, 1.165) is 18.0 Å². The SMILES string of the molecule is CC1(O)CNCC1Cc1cccc(Cl)c1. The molecule has 1 aliphatic heterocycles. The first-order chi connectivity index (χ1) is 7.08. The van der Waals surface area contributed by atoms with Crippen LogP contribution in [0.2, 0.25) is 5.02 Å². The van der Waals surface area contributed by atoms with Gasteiger partial charge < -0.3 is 10.4 Å². The Morgan fingerprint density at radius 3 is 3.00 bits per heavy atom. The summed E-state index contributed by atoms with van der Waals surface area (Å²) < 4.78 is 0. The zero-order chi connectivity index (χ0) is 10.9. The molecule has 3 heteroatoms. The van der Waals surface area contributed by atoms with Crippen molar-refractivity contribution in [3.8, 4) is 0 Å². The van der Waals surface area contributed by atoms with Crippen LogP contribution in [0.3, 0.4) is 0 Å². The molecule has 1 aromatic rings. The summed E-state index contributed by atoms with van der Waals surface area (Å²) in [5.41, 5.74) is 0.596. The second-order valence-electron chi connectivity index (χ2n) is 4.52. The third kappa shape index (κ3) is 2.51. The van der Waals surface area contributed by atoms with Crippen molar-refractivity contribution in [3.63, 3.8) is 0 Å². The molecule has 1 aliphatic rings. The molecule has 2 atom stereocenters. The van der Waals surface area contributed by atoms with Crippen LogP contribution >= 0.6 is 11.6 Å². The van der Waals surface area contributed by atoms with E-state index in [1.807, 2.05) is 25.1 Å². The molecular formula is C12H16ClNO. The second kappa shape index (κ2) is 4.12. The third-order valence-corrected chi connectivity index (χ3v) is 3.36. The molecule has 2 unspecified atom stereocenters. The van der Waals surface area contributed by atoms with E-state index in [9.17, 15) is 5.11 Å². The molecule has 0 aliphatic carbocycles. The average molecular weight is 226 g/mol. The molecule has 2 N–H and O–H groups in total. The van der Waals surface area contributed by atoms with Gasteiger partial charge in [-0.05, 0) is 31.0 Å². The largest absolute Gasteiger partial charge is 0.389 e. The third-order valence-electron chi connectivity index (χ3n) is 3.12.